The summed E-state index contributed by atoms with van der Waals surface area (Å²) in [4.78, 5) is 0. The van der Waals surface area contributed by atoms with E-state index in [9.17, 15) is 0 Å². The molecular weight excluding hydrogens is 271 g/mol. The van der Waals surface area contributed by atoms with Crippen molar-refractivity contribution in [2.45, 2.75) is 12.8 Å². The molecule has 0 amide bonds. The van der Waals surface area contributed by atoms with Crippen LogP contribution in [-0.2, 0) is 12.8 Å². The SMILES string of the molecule is ClCCc1cc(Br)cc(CCCl)c1. The summed E-state index contributed by atoms with van der Waals surface area (Å²) in [7, 11) is 0. The molecule has 1 aromatic carbocycles. The van der Waals surface area contributed by atoms with E-state index in [0.717, 1.165) is 17.3 Å². The van der Waals surface area contributed by atoms with Crippen molar-refractivity contribution in [3.05, 3.63) is 33.8 Å². The monoisotopic (exact) mass is 280 g/mol. The summed E-state index contributed by atoms with van der Waals surface area (Å²) in [5.41, 5.74) is 2.54. The van der Waals surface area contributed by atoms with Gasteiger partial charge in [0.15, 0.2) is 0 Å². The highest BCUT2D eigenvalue weighted by Gasteiger charge is 1.98. The highest BCUT2D eigenvalue weighted by atomic mass is 79.9. The molecule has 0 saturated heterocycles. The van der Waals surface area contributed by atoms with E-state index in [1.54, 1.807) is 0 Å². The molecule has 3 heteroatoms. The molecule has 0 saturated carbocycles. The van der Waals surface area contributed by atoms with Gasteiger partial charge in [-0.1, -0.05) is 22.0 Å². The summed E-state index contributed by atoms with van der Waals surface area (Å²) >= 11 is 14.8. The Hall–Kier alpha value is 0.280. The number of alkyl halides is 2. The molecule has 0 heterocycles. The fourth-order valence-corrected chi connectivity index (χ4v) is 2.25. The highest BCUT2D eigenvalue weighted by Crippen LogP contribution is 2.17. The molecule has 0 fully saturated rings. The van der Waals surface area contributed by atoms with Gasteiger partial charge in [-0.3, -0.25) is 0 Å². The zero-order chi connectivity index (χ0) is 9.68. The molecule has 72 valence electrons. The van der Waals surface area contributed by atoms with Crippen LogP contribution >= 0.6 is 39.1 Å². The molecule has 0 aliphatic rings. The van der Waals surface area contributed by atoms with Crippen LogP contribution in [0.5, 0.6) is 0 Å². The van der Waals surface area contributed by atoms with Crippen LogP contribution in [0, 0.1) is 0 Å². The van der Waals surface area contributed by atoms with Crippen LogP contribution in [0.1, 0.15) is 11.1 Å². The van der Waals surface area contributed by atoms with Crippen molar-refractivity contribution in [2.24, 2.45) is 0 Å². The standard InChI is InChI=1S/C10H11BrCl2/c11-10-6-8(1-3-12)5-9(7-10)2-4-13/h5-7H,1-4H2. The molecule has 0 N–H and O–H groups in total. The lowest BCUT2D eigenvalue weighted by Gasteiger charge is -2.03. The van der Waals surface area contributed by atoms with Gasteiger partial charge >= 0.3 is 0 Å². The minimum atomic E-state index is 0.663. The van der Waals surface area contributed by atoms with E-state index in [2.05, 4.69) is 34.1 Å². The van der Waals surface area contributed by atoms with Gasteiger partial charge < -0.3 is 0 Å². The van der Waals surface area contributed by atoms with E-state index in [0.29, 0.717) is 11.8 Å². The minimum Gasteiger partial charge on any atom is -0.126 e. The lowest BCUT2D eigenvalue weighted by Crippen LogP contribution is -1.91. The van der Waals surface area contributed by atoms with E-state index in [1.807, 2.05) is 0 Å². The van der Waals surface area contributed by atoms with E-state index in [-0.39, 0.29) is 0 Å². The van der Waals surface area contributed by atoms with Gasteiger partial charge in [-0.05, 0) is 36.1 Å². The fourth-order valence-electron chi connectivity index (χ4n) is 1.22. The largest absolute Gasteiger partial charge is 0.126 e. The molecular formula is C10H11BrCl2. The normalized spacial score (nSPS) is 10.4. The topological polar surface area (TPSA) is 0 Å². The van der Waals surface area contributed by atoms with Gasteiger partial charge in [0.05, 0.1) is 0 Å². The average molecular weight is 282 g/mol. The Morgan fingerprint density at radius 2 is 1.38 bits per heavy atom. The Bertz CT molecular complexity index is 249. The first-order valence-electron chi connectivity index (χ1n) is 4.16. The highest BCUT2D eigenvalue weighted by molar-refractivity contribution is 9.10. The van der Waals surface area contributed by atoms with Crippen LogP contribution in [0.4, 0.5) is 0 Å². The molecule has 0 nitrogen and oxygen atoms in total. The number of hydrogen-bond acceptors (Lipinski definition) is 0. The quantitative estimate of drug-likeness (QED) is 0.732. The van der Waals surface area contributed by atoms with Crippen LogP contribution in [0.3, 0.4) is 0 Å². The Kier molecular flexibility index (Phi) is 5.15. The second-order valence-electron chi connectivity index (χ2n) is 2.85. The summed E-state index contributed by atoms with van der Waals surface area (Å²) < 4.78 is 1.11. The molecule has 0 bridgehead atoms. The van der Waals surface area contributed by atoms with Crippen molar-refractivity contribution in [2.75, 3.05) is 11.8 Å². The molecule has 0 radical (unpaired) electrons. The van der Waals surface area contributed by atoms with Gasteiger partial charge in [0.25, 0.3) is 0 Å². The molecule has 0 atom stereocenters. The van der Waals surface area contributed by atoms with Gasteiger partial charge in [0.1, 0.15) is 0 Å². The van der Waals surface area contributed by atoms with Gasteiger partial charge in [-0.25, -0.2) is 0 Å². The smallest absolute Gasteiger partial charge is 0.0263 e. The first kappa shape index (κ1) is 11.4. The van der Waals surface area contributed by atoms with Crippen LogP contribution in [0.25, 0.3) is 0 Å². The summed E-state index contributed by atoms with van der Waals surface area (Å²) in [6.45, 7) is 0. The first-order valence-corrected chi connectivity index (χ1v) is 6.02. The maximum absolute atomic E-state index is 5.68. The maximum atomic E-state index is 5.68. The second-order valence-corrected chi connectivity index (χ2v) is 4.52. The summed E-state index contributed by atoms with van der Waals surface area (Å²) in [6, 6.07) is 6.36. The molecule has 1 rings (SSSR count). The number of aryl methyl sites for hydroxylation is 2. The van der Waals surface area contributed by atoms with E-state index >= 15 is 0 Å². The maximum Gasteiger partial charge on any atom is 0.0263 e. The van der Waals surface area contributed by atoms with Crippen LogP contribution in [0.2, 0.25) is 0 Å². The van der Waals surface area contributed by atoms with Gasteiger partial charge in [-0.2, -0.15) is 0 Å². The molecule has 0 spiro atoms. The number of benzene rings is 1. The van der Waals surface area contributed by atoms with Crippen LogP contribution in [0.15, 0.2) is 22.7 Å². The number of hydrogen-bond donors (Lipinski definition) is 0. The Balaban J connectivity index is 2.83. The van der Waals surface area contributed by atoms with E-state index in [1.165, 1.54) is 11.1 Å². The second kappa shape index (κ2) is 5.90. The predicted octanol–water partition coefficient (Wildman–Crippen LogP) is 4.01. The lowest BCUT2D eigenvalue weighted by atomic mass is 10.1. The number of halogens is 3. The van der Waals surface area contributed by atoms with Crippen molar-refractivity contribution in [1.29, 1.82) is 0 Å². The van der Waals surface area contributed by atoms with Crippen molar-refractivity contribution < 1.29 is 0 Å². The molecule has 0 aliphatic carbocycles. The minimum absolute atomic E-state index is 0.663. The Morgan fingerprint density at radius 1 is 0.923 bits per heavy atom. The average Bonchev–Trinajstić information content (AvgIpc) is 2.04. The molecule has 0 aromatic heterocycles. The van der Waals surface area contributed by atoms with Crippen LogP contribution in [-0.4, -0.2) is 11.8 Å². The summed E-state index contributed by atoms with van der Waals surface area (Å²) in [5, 5.41) is 0. The van der Waals surface area contributed by atoms with Crippen LogP contribution < -0.4 is 0 Å². The zero-order valence-corrected chi connectivity index (χ0v) is 10.3. The molecule has 0 aliphatic heterocycles. The third kappa shape index (κ3) is 3.88. The van der Waals surface area contributed by atoms with Gasteiger partial charge in [0.2, 0.25) is 0 Å². The third-order valence-electron chi connectivity index (χ3n) is 1.78. The third-order valence-corrected chi connectivity index (χ3v) is 2.62. The van der Waals surface area contributed by atoms with E-state index < -0.39 is 0 Å². The number of rotatable bonds is 4. The summed E-state index contributed by atoms with van der Waals surface area (Å²) in [5.74, 6) is 1.33. The molecule has 0 unspecified atom stereocenters. The molecule has 1 aromatic rings. The Morgan fingerprint density at radius 3 is 1.77 bits per heavy atom. The zero-order valence-electron chi connectivity index (χ0n) is 7.19. The predicted molar refractivity (Wildman–Crippen MR) is 63.0 cm³/mol. The van der Waals surface area contributed by atoms with Gasteiger partial charge in [-0.15, -0.1) is 23.2 Å². The van der Waals surface area contributed by atoms with Crippen molar-refractivity contribution in [3.63, 3.8) is 0 Å². The van der Waals surface area contributed by atoms with Gasteiger partial charge in [0, 0.05) is 16.2 Å². The fraction of sp³-hybridized carbons (Fsp3) is 0.400. The first-order chi connectivity index (χ1) is 6.26. The summed E-state index contributed by atoms with van der Waals surface area (Å²) in [6.07, 6.45) is 1.83. The molecule has 13 heavy (non-hydrogen) atoms. The Labute approximate surface area is 97.4 Å². The lowest BCUT2D eigenvalue weighted by molar-refractivity contribution is 1.09. The van der Waals surface area contributed by atoms with Crippen molar-refractivity contribution in [3.8, 4) is 0 Å². The van der Waals surface area contributed by atoms with E-state index in [4.69, 9.17) is 23.2 Å². The van der Waals surface area contributed by atoms with Crippen molar-refractivity contribution >= 4 is 39.1 Å². The van der Waals surface area contributed by atoms with Crippen molar-refractivity contribution in [1.82, 2.24) is 0 Å².